The molecule has 0 saturated carbocycles. The highest BCUT2D eigenvalue weighted by molar-refractivity contribution is 5.36. The van der Waals surface area contributed by atoms with Gasteiger partial charge in [-0.05, 0) is 13.0 Å². The molecule has 1 aromatic heterocycles. The SMILES string of the molecule is COc1ccc(C)cc1CNCCc1ncn[nH]1. The second-order valence-corrected chi connectivity index (χ2v) is 4.17. The molecule has 1 aromatic carbocycles. The van der Waals surface area contributed by atoms with Crippen LogP contribution in [0.15, 0.2) is 24.5 Å². The van der Waals surface area contributed by atoms with Crippen molar-refractivity contribution in [3.8, 4) is 5.75 Å². The minimum atomic E-state index is 0.791. The summed E-state index contributed by atoms with van der Waals surface area (Å²) >= 11 is 0. The number of ether oxygens (including phenoxy) is 1. The Morgan fingerprint density at radius 3 is 3.00 bits per heavy atom. The van der Waals surface area contributed by atoms with E-state index in [1.165, 1.54) is 17.5 Å². The molecule has 2 aromatic rings. The second kappa shape index (κ2) is 6.16. The van der Waals surface area contributed by atoms with Gasteiger partial charge in [0.05, 0.1) is 7.11 Å². The summed E-state index contributed by atoms with van der Waals surface area (Å²) < 4.78 is 5.33. The number of methoxy groups -OCH3 is 1. The number of aryl methyl sites for hydroxylation is 1. The number of hydrogen-bond donors (Lipinski definition) is 2. The molecule has 0 aliphatic heterocycles. The number of nitrogens with zero attached hydrogens (tertiary/aromatic N) is 2. The fourth-order valence-corrected chi connectivity index (χ4v) is 1.83. The van der Waals surface area contributed by atoms with Crippen molar-refractivity contribution >= 4 is 0 Å². The van der Waals surface area contributed by atoms with Crippen molar-refractivity contribution in [2.75, 3.05) is 13.7 Å². The molecule has 0 unspecified atom stereocenters. The van der Waals surface area contributed by atoms with Crippen LogP contribution in [0.1, 0.15) is 17.0 Å². The van der Waals surface area contributed by atoms with Gasteiger partial charge in [-0.2, -0.15) is 5.10 Å². The lowest BCUT2D eigenvalue weighted by atomic mass is 10.1. The van der Waals surface area contributed by atoms with Crippen molar-refractivity contribution in [3.63, 3.8) is 0 Å². The van der Waals surface area contributed by atoms with Crippen LogP contribution in [0.2, 0.25) is 0 Å². The van der Waals surface area contributed by atoms with Crippen LogP contribution >= 0.6 is 0 Å². The predicted octanol–water partition coefficient (Wildman–Crippen LogP) is 1.45. The molecule has 5 heteroatoms. The standard InChI is InChI=1S/C13H18N4O/c1-10-3-4-12(18-2)11(7-10)8-14-6-5-13-15-9-16-17-13/h3-4,7,9,14H,5-6,8H2,1-2H3,(H,15,16,17). The van der Waals surface area contributed by atoms with Gasteiger partial charge in [0.25, 0.3) is 0 Å². The Morgan fingerprint density at radius 1 is 1.39 bits per heavy atom. The number of aromatic amines is 1. The Morgan fingerprint density at radius 2 is 2.28 bits per heavy atom. The van der Waals surface area contributed by atoms with Crippen LogP contribution in [0.5, 0.6) is 5.75 Å². The largest absolute Gasteiger partial charge is 0.496 e. The van der Waals surface area contributed by atoms with Gasteiger partial charge in [0.2, 0.25) is 0 Å². The van der Waals surface area contributed by atoms with Crippen molar-refractivity contribution in [1.29, 1.82) is 0 Å². The highest BCUT2D eigenvalue weighted by Gasteiger charge is 2.03. The van der Waals surface area contributed by atoms with Crippen LogP contribution in [0, 0.1) is 6.92 Å². The molecule has 0 bridgehead atoms. The lowest BCUT2D eigenvalue weighted by Gasteiger charge is -2.10. The molecule has 0 fully saturated rings. The van der Waals surface area contributed by atoms with Crippen molar-refractivity contribution < 1.29 is 4.74 Å². The fourth-order valence-electron chi connectivity index (χ4n) is 1.83. The molecular formula is C13H18N4O. The Labute approximate surface area is 107 Å². The average molecular weight is 246 g/mol. The average Bonchev–Trinajstić information content (AvgIpc) is 2.88. The van der Waals surface area contributed by atoms with Crippen molar-refractivity contribution in [2.45, 2.75) is 19.9 Å². The third-order valence-electron chi connectivity index (χ3n) is 2.75. The summed E-state index contributed by atoms with van der Waals surface area (Å²) in [5.41, 5.74) is 2.41. The number of rotatable bonds is 6. The lowest BCUT2D eigenvalue weighted by Crippen LogP contribution is -2.17. The zero-order valence-electron chi connectivity index (χ0n) is 10.7. The van der Waals surface area contributed by atoms with Gasteiger partial charge < -0.3 is 10.1 Å². The summed E-state index contributed by atoms with van der Waals surface area (Å²) in [6.45, 7) is 3.72. The van der Waals surface area contributed by atoms with Crippen LogP contribution in [0.25, 0.3) is 0 Å². The molecule has 0 aliphatic rings. The van der Waals surface area contributed by atoms with E-state index in [0.717, 1.165) is 31.1 Å². The van der Waals surface area contributed by atoms with Crippen LogP contribution in [0.4, 0.5) is 0 Å². The molecule has 18 heavy (non-hydrogen) atoms. The van der Waals surface area contributed by atoms with Crippen LogP contribution in [-0.2, 0) is 13.0 Å². The maximum absolute atomic E-state index is 5.33. The van der Waals surface area contributed by atoms with Gasteiger partial charge in [0, 0.05) is 25.1 Å². The summed E-state index contributed by atoms with van der Waals surface area (Å²) in [5.74, 6) is 1.83. The van der Waals surface area contributed by atoms with Gasteiger partial charge in [-0.15, -0.1) is 0 Å². The maximum Gasteiger partial charge on any atom is 0.137 e. The summed E-state index contributed by atoms with van der Waals surface area (Å²) in [4.78, 5) is 4.08. The van der Waals surface area contributed by atoms with E-state index in [-0.39, 0.29) is 0 Å². The molecule has 0 amide bonds. The quantitative estimate of drug-likeness (QED) is 0.757. The number of hydrogen-bond acceptors (Lipinski definition) is 4. The first-order chi connectivity index (χ1) is 8.79. The molecule has 96 valence electrons. The molecule has 0 atom stereocenters. The first kappa shape index (κ1) is 12.6. The highest BCUT2D eigenvalue weighted by Crippen LogP contribution is 2.19. The second-order valence-electron chi connectivity index (χ2n) is 4.17. The predicted molar refractivity (Wildman–Crippen MR) is 69.5 cm³/mol. The number of H-pyrrole nitrogens is 1. The van der Waals surface area contributed by atoms with Gasteiger partial charge in [-0.3, -0.25) is 5.10 Å². The first-order valence-electron chi connectivity index (χ1n) is 5.98. The van der Waals surface area contributed by atoms with Gasteiger partial charge in [0.1, 0.15) is 17.9 Å². The molecular weight excluding hydrogens is 228 g/mol. The molecule has 0 saturated heterocycles. The molecule has 2 rings (SSSR count). The van der Waals surface area contributed by atoms with E-state index >= 15 is 0 Å². The van der Waals surface area contributed by atoms with E-state index in [1.807, 2.05) is 6.07 Å². The minimum absolute atomic E-state index is 0.791. The topological polar surface area (TPSA) is 62.8 Å². The van der Waals surface area contributed by atoms with Gasteiger partial charge >= 0.3 is 0 Å². The van der Waals surface area contributed by atoms with Crippen LogP contribution in [0.3, 0.4) is 0 Å². The van der Waals surface area contributed by atoms with Crippen molar-refractivity contribution in [2.24, 2.45) is 0 Å². The summed E-state index contributed by atoms with van der Waals surface area (Å²) in [7, 11) is 1.70. The zero-order chi connectivity index (χ0) is 12.8. The molecule has 5 nitrogen and oxygen atoms in total. The van der Waals surface area contributed by atoms with E-state index < -0.39 is 0 Å². The van der Waals surface area contributed by atoms with Crippen molar-refractivity contribution in [3.05, 3.63) is 41.5 Å². The lowest BCUT2D eigenvalue weighted by molar-refractivity contribution is 0.407. The first-order valence-corrected chi connectivity index (χ1v) is 5.98. The molecule has 1 heterocycles. The monoisotopic (exact) mass is 246 g/mol. The third-order valence-corrected chi connectivity index (χ3v) is 2.75. The van der Waals surface area contributed by atoms with E-state index in [0.29, 0.717) is 0 Å². The van der Waals surface area contributed by atoms with Gasteiger partial charge in [0.15, 0.2) is 0 Å². The van der Waals surface area contributed by atoms with Gasteiger partial charge in [-0.1, -0.05) is 17.7 Å². The third kappa shape index (κ3) is 3.30. The van der Waals surface area contributed by atoms with Crippen molar-refractivity contribution in [1.82, 2.24) is 20.5 Å². The Hall–Kier alpha value is -1.88. The Balaban J connectivity index is 1.84. The molecule has 2 N–H and O–H groups in total. The zero-order valence-corrected chi connectivity index (χ0v) is 10.7. The van der Waals surface area contributed by atoms with Crippen LogP contribution in [-0.4, -0.2) is 28.8 Å². The Bertz CT molecular complexity index is 482. The summed E-state index contributed by atoms with van der Waals surface area (Å²) in [5, 5.41) is 10.0. The summed E-state index contributed by atoms with van der Waals surface area (Å²) in [6.07, 6.45) is 2.37. The number of aromatic nitrogens is 3. The van der Waals surface area contributed by atoms with E-state index in [9.17, 15) is 0 Å². The van der Waals surface area contributed by atoms with E-state index in [1.54, 1.807) is 7.11 Å². The smallest absolute Gasteiger partial charge is 0.137 e. The fraction of sp³-hybridized carbons (Fsp3) is 0.385. The highest BCUT2D eigenvalue weighted by atomic mass is 16.5. The Kier molecular flexibility index (Phi) is 4.30. The molecule has 0 aliphatic carbocycles. The number of benzene rings is 1. The maximum atomic E-state index is 5.33. The minimum Gasteiger partial charge on any atom is -0.496 e. The summed E-state index contributed by atoms with van der Waals surface area (Å²) in [6, 6.07) is 6.19. The van der Waals surface area contributed by atoms with E-state index in [2.05, 4.69) is 39.6 Å². The number of nitrogens with one attached hydrogen (secondary N) is 2. The van der Waals surface area contributed by atoms with E-state index in [4.69, 9.17) is 4.74 Å². The molecule has 0 spiro atoms. The van der Waals surface area contributed by atoms with Crippen LogP contribution < -0.4 is 10.1 Å². The normalized spacial score (nSPS) is 10.6. The molecule has 0 radical (unpaired) electrons. The van der Waals surface area contributed by atoms with Gasteiger partial charge in [-0.25, -0.2) is 4.98 Å².